The van der Waals surface area contributed by atoms with Gasteiger partial charge in [0.05, 0.1) is 25.9 Å². The summed E-state index contributed by atoms with van der Waals surface area (Å²) in [6.45, 7) is 0.341. The van der Waals surface area contributed by atoms with Gasteiger partial charge in [0.1, 0.15) is 16.4 Å². The summed E-state index contributed by atoms with van der Waals surface area (Å²) in [4.78, 5) is 28.9. The predicted octanol–water partition coefficient (Wildman–Crippen LogP) is 4.41. The number of halogens is 4. The Labute approximate surface area is 275 Å². The summed E-state index contributed by atoms with van der Waals surface area (Å²) in [5.41, 5.74) is 3.49. The second-order valence-corrected chi connectivity index (χ2v) is 13.0. The third-order valence-electron chi connectivity index (χ3n) is 7.57. The first-order valence-corrected chi connectivity index (χ1v) is 16.1. The molecule has 47 heavy (non-hydrogen) atoms. The molecule has 3 aromatic carbocycles. The highest BCUT2D eigenvalue weighted by atomic mass is 35.5. The summed E-state index contributed by atoms with van der Waals surface area (Å²) >= 11 is 6.44. The number of sulfonamides is 1. The molecule has 1 aliphatic heterocycles. The highest BCUT2D eigenvalue weighted by Gasteiger charge is 2.59. The minimum Gasteiger partial charge on any atom is -0.497 e. The molecule has 0 aliphatic carbocycles. The van der Waals surface area contributed by atoms with Crippen molar-refractivity contribution >= 4 is 39.1 Å². The highest BCUT2D eigenvalue weighted by molar-refractivity contribution is 7.93. The van der Waals surface area contributed by atoms with Crippen LogP contribution in [0, 0.1) is 0 Å². The van der Waals surface area contributed by atoms with Gasteiger partial charge in [-0.3, -0.25) is 14.9 Å². The van der Waals surface area contributed by atoms with E-state index < -0.39 is 50.4 Å². The number of hydrogen-bond acceptors (Lipinski definition) is 9. The third-order valence-corrected chi connectivity index (χ3v) is 9.54. The number of hydrogen-bond donors (Lipinski definition) is 2. The second kappa shape index (κ2) is 14.0. The molecule has 2 amide bonds. The number of nitrogens with zero attached hydrogens (tertiary/aromatic N) is 2. The van der Waals surface area contributed by atoms with E-state index in [1.54, 1.807) is 18.2 Å². The number of unbranched alkanes of at least 4 members (excludes halogenated alkanes) is 1. The van der Waals surface area contributed by atoms with Crippen LogP contribution in [0.3, 0.4) is 0 Å². The molecule has 3 aromatic rings. The molecule has 3 N–H and O–H groups in total. The molecule has 11 nitrogen and oxygen atoms in total. The lowest BCUT2D eigenvalue weighted by molar-refractivity contribution is -0.275. The number of carbonyl (C=O) groups is 2. The lowest BCUT2D eigenvalue weighted by atomic mass is 9.82. The number of methoxy groups -OCH3 is 2. The van der Waals surface area contributed by atoms with Crippen molar-refractivity contribution in [3.8, 4) is 17.2 Å². The van der Waals surface area contributed by atoms with Crippen molar-refractivity contribution in [2.24, 2.45) is 5.73 Å². The minimum absolute atomic E-state index is 0.0188. The summed E-state index contributed by atoms with van der Waals surface area (Å²) in [6.07, 6.45) is -4.07. The SMILES string of the molecule is COc1ccc(S(=O)(=O)N2C(=O)C(N[C@@H](CCCCN)C(=O)N(C)C)(c3ccccc3OC)c3cc(Cl)ccc32)c(OC(F)(F)F)c1. The molecule has 0 radical (unpaired) electrons. The van der Waals surface area contributed by atoms with E-state index >= 15 is 4.79 Å². The van der Waals surface area contributed by atoms with Crippen molar-refractivity contribution in [1.29, 1.82) is 0 Å². The van der Waals surface area contributed by atoms with Crippen molar-refractivity contribution in [3.63, 3.8) is 0 Å². The van der Waals surface area contributed by atoms with E-state index in [1.165, 1.54) is 57.5 Å². The Morgan fingerprint density at radius 3 is 2.34 bits per heavy atom. The molecular weight excluding hydrogens is 665 g/mol. The van der Waals surface area contributed by atoms with Crippen molar-refractivity contribution in [3.05, 3.63) is 76.8 Å². The number of alkyl halides is 3. The number of ether oxygens (including phenoxy) is 3. The molecule has 0 spiro atoms. The van der Waals surface area contributed by atoms with Crippen LogP contribution in [0.25, 0.3) is 0 Å². The van der Waals surface area contributed by atoms with Gasteiger partial charge in [0.25, 0.3) is 15.9 Å². The maximum Gasteiger partial charge on any atom is 0.573 e. The molecule has 0 saturated carbocycles. The molecule has 0 bridgehead atoms. The van der Waals surface area contributed by atoms with E-state index in [9.17, 15) is 26.4 Å². The molecule has 0 aromatic heterocycles. The molecule has 0 fully saturated rings. The zero-order valence-corrected chi connectivity index (χ0v) is 27.5. The van der Waals surface area contributed by atoms with Gasteiger partial charge in [0, 0.05) is 36.3 Å². The summed E-state index contributed by atoms with van der Waals surface area (Å²) in [5, 5.41) is 3.27. The smallest absolute Gasteiger partial charge is 0.497 e. The average molecular weight is 699 g/mol. The van der Waals surface area contributed by atoms with Gasteiger partial charge < -0.3 is 24.8 Å². The van der Waals surface area contributed by atoms with E-state index in [1.807, 2.05) is 0 Å². The van der Waals surface area contributed by atoms with Crippen molar-refractivity contribution in [1.82, 2.24) is 10.2 Å². The van der Waals surface area contributed by atoms with Crippen LogP contribution >= 0.6 is 11.6 Å². The van der Waals surface area contributed by atoms with E-state index in [0.29, 0.717) is 23.7 Å². The zero-order valence-electron chi connectivity index (χ0n) is 25.9. The van der Waals surface area contributed by atoms with Gasteiger partial charge in [-0.05, 0) is 55.8 Å². The number of nitrogens with one attached hydrogen (secondary N) is 1. The Bertz CT molecular complexity index is 1760. The first-order chi connectivity index (χ1) is 22.1. The molecule has 2 atom stereocenters. The van der Waals surface area contributed by atoms with Crippen molar-refractivity contribution < 1.29 is 45.4 Å². The van der Waals surface area contributed by atoms with E-state index in [0.717, 1.165) is 18.2 Å². The number of carbonyl (C=O) groups excluding carboxylic acids is 2. The number of likely N-dealkylation sites (N-methyl/N-ethyl adjacent to an activating group) is 1. The number of benzene rings is 3. The van der Waals surface area contributed by atoms with Crippen LogP contribution in [0.2, 0.25) is 5.02 Å². The lowest BCUT2D eigenvalue weighted by Crippen LogP contribution is -2.59. The summed E-state index contributed by atoms with van der Waals surface area (Å²) < 4.78 is 84.5. The van der Waals surface area contributed by atoms with Gasteiger partial charge in [0.15, 0.2) is 11.3 Å². The Morgan fingerprint density at radius 2 is 1.72 bits per heavy atom. The molecule has 254 valence electrons. The van der Waals surface area contributed by atoms with Gasteiger partial charge in [-0.15, -0.1) is 13.2 Å². The Balaban J connectivity index is 2.05. The predicted molar refractivity (Wildman–Crippen MR) is 168 cm³/mol. The number of rotatable bonds is 13. The largest absolute Gasteiger partial charge is 0.573 e. The maximum atomic E-state index is 15.0. The van der Waals surface area contributed by atoms with Crippen molar-refractivity contribution in [2.45, 2.75) is 42.1 Å². The van der Waals surface area contributed by atoms with Gasteiger partial charge >= 0.3 is 6.36 Å². The molecule has 1 aliphatic rings. The Kier molecular flexibility index (Phi) is 10.6. The fourth-order valence-corrected chi connectivity index (χ4v) is 7.22. The lowest BCUT2D eigenvalue weighted by Gasteiger charge is -2.36. The van der Waals surface area contributed by atoms with Gasteiger partial charge in [-0.2, -0.15) is 0 Å². The highest BCUT2D eigenvalue weighted by Crippen LogP contribution is 2.51. The average Bonchev–Trinajstić information content (AvgIpc) is 3.26. The van der Waals surface area contributed by atoms with E-state index in [-0.39, 0.29) is 39.8 Å². The maximum absolute atomic E-state index is 15.0. The molecule has 0 saturated heterocycles. The normalized spacial score (nSPS) is 16.9. The standard InChI is InChI=1S/C31H34ClF3N4O7S/c1-38(2)28(40)23(10-7-8-16-36)37-30(21-9-5-6-11-25(21)45-4)22-17-19(32)12-14-24(22)39(29(30)41)47(42,43)27-15-13-20(44-3)18-26(27)46-31(33,34)35/h5-6,9,11-15,17-18,23,37H,7-8,10,16,36H2,1-4H3/t23-,30?/m0/s1. The van der Waals surface area contributed by atoms with Crippen LogP contribution in [0.1, 0.15) is 30.4 Å². The quantitative estimate of drug-likeness (QED) is 0.249. The number of amides is 2. The number of para-hydroxylation sites is 1. The summed E-state index contributed by atoms with van der Waals surface area (Å²) in [7, 11) is 0.414. The Morgan fingerprint density at radius 1 is 1.02 bits per heavy atom. The van der Waals surface area contributed by atoms with Crippen LogP contribution in [-0.4, -0.2) is 72.4 Å². The van der Waals surface area contributed by atoms with E-state index in [2.05, 4.69) is 10.1 Å². The number of anilines is 1. The van der Waals surface area contributed by atoms with Crippen molar-refractivity contribution in [2.75, 3.05) is 39.2 Å². The molecule has 4 rings (SSSR count). The minimum atomic E-state index is -5.29. The van der Waals surface area contributed by atoms with E-state index in [4.69, 9.17) is 26.8 Å². The number of nitrogens with two attached hydrogens (primary N) is 1. The van der Waals surface area contributed by atoms with Crippen LogP contribution in [-0.2, 0) is 25.2 Å². The number of fused-ring (bicyclic) bond motifs is 1. The monoisotopic (exact) mass is 698 g/mol. The fourth-order valence-electron chi connectivity index (χ4n) is 5.49. The molecular formula is C31H34ClF3N4O7S. The van der Waals surface area contributed by atoms with Gasteiger partial charge in [-0.25, -0.2) is 12.7 Å². The second-order valence-electron chi connectivity index (χ2n) is 10.8. The van der Waals surface area contributed by atoms with Gasteiger partial charge in [-0.1, -0.05) is 36.2 Å². The molecule has 1 unspecified atom stereocenters. The summed E-state index contributed by atoms with van der Waals surface area (Å²) in [5.74, 6) is -2.67. The fraction of sp³-hybridized carbons (Fsp3) is 0.355. The first kappa shape index (κ1) is 35.8. The van der Waals surface area contributed by atoms with Crippen LogP contribution in [0.15, 0.2) is 65.6 Å². The first-order valence-electron chi connectivity index (χ1n) is 14.3. The molecule has 16 heteroatoms. The zero-order chi connectivity index (χ0) is 34.7. The topological polar surface area (TPSA) is 140 Å². The Hall–Kier alpha value is -4.05. The van der Waals surface area contributed by atoms with Crippen LogP contribution in [0.4, 0.5) is 18.9 Å². The van der Waals surface area contributed by atoms with Crippen LogP contribution < -0.4 is 29.6 Å². The van der Waals surface area contributed by atoms with Crippen LogP contribution in [0.5, 0.6) is 17.2 Å². The van der Waals surface area contributed by atoms with Gasteiger partial charge in [0.2, 0.25) is 5.91 Å². The third kappa shape index (κ3) is 6.98. The molecule has 1 heterocycles. The summed E-state index contributed by atoms with van der Waals surface area (Å²) in [6, 6.07) is 11.9.